The summed E-state index contributed by atoms with van der Waals surface area (Å²) in [5.41, 5.74) is 3.35. The molecule has 2 aromatic carbocycles. The Hall–Kier alpha value is -2.40. The predicted octanol–water partition coefficient (Wildman–Crippen LogP) is 4.07. The molecule has 1 aliphatic carbocycles. The molecule has 28 heavy (non-hydrogen) atoms. The maximum atomic E-state index is 13.1. The second kappa shape index (κ2) is 8.31. The van der Waals surface area contributed by atoms with Gasteiger partial charge in [-0.1, -0.05) is 18.2 Å². The molecule has 2 aliphatic rings. The van der Waals surface area contributed by atoms with Crippen LogP contribution in [-0.2, 0) is 22.6 Å². The Morgan fingerprint density at radius 1 is 1.11 bits per heavy atom. The number of methoxy groups -OCH3 is 1. The molecule has 1 saturated heterocycles. The van der Waals surface area contributed by atoms with Gasteiger partial charge in [-0.3, -0.25) is 4.79 Å². The molecule has 1 fully saturated rings. The Kier molecular flexibility index (Phi) is 5.62. The first-order chi connectivity index (χ1) is 13.6. The lowest BCUT2D eigenvalue weighted by Gasteiger charge is -2.33. The maximum absolute atomic E-state index is 13.1. The van der Waals surface area contributed by atoms with E-state index >= 15 is 0 Å². The van der Waals surface area contributed by atoms with Crippen LogP contribution in [0.3, 0.4) is 0 Å². The van der Waals surface area contributed by atoms with Crippen LogP contribution in [-0.4, -0.2) is 37.1 Å². The summed E-state index contributed by atoms with van der Waals surface area (Å²) in [6.45, 7) is 1.93. The van der Waals surface area contributed by atoms with Crippen molar-refractivity contribution in [1.29, 1.82) is 0 Å². The van der Waals surface area contributed by atoms with Crippen LogP contribution in [0, 0.1) is 5.82 Å². The number of rotatable bonds is 5. The van der Waals surface area contributed by atoms with Gasteiger partial charge in [-0.05, 0) is 66.6 Å². The number of piperidine rings is 1. The smallest absolute Gasteiger partial charge is 0.230 e. The lowest BCUT2D eigenvalue weighted by atomic mass is 9.97. The summed E-state index contributed by atoms with van der Waals surface area (Å²) in [4.78, 5) is 15.1. The number of ether oxygens (including phenoxy) is 2. The van der Waals surface area contributed by atoms with Gasteiger partial charge in [0.1, 0.15) is 11.6 Å². The number of nitrogens with zero attached hydrogens (tertiary/aromatic N) is 1. The van der Waals surface area contributed by atoms with Gasteiger partial charge in [-0.25, -0.2) is 4.39 Å². The van der Waals surface area contributed by atoms with Gasteiger partial charge in [0.25, 0.3) is 0 Å². The number of aryl methyl sites for hydroxylation is 1. The summed E-state index contributed by atoms with van der Waals surface area (Å²) in [6, 6.07) is 12.5. The molecule has 0 aromatic heterocycles. The summed E-state index contributed by atoms with van der Waals surface area (Å²) < 4.78 is 24.3. The molecule has 1 atom stereocenters. The van der Waals surface area contributed by atoms with Crippen molar-refractivity contribution in [3.63, 3.8) is 0 Å². The summed E-state index contributed by atoms with van der Waals surface area (Å²) >= 11 is 0. The lowest BCUT2D eigenvalue weighted by molar-refractivity contribution is -0.135. The Morgan fingerprint density at radius 3 is 2.57 bits per heavy atom. The van der Waals surface area contributed by atoms with Crippen LogP contribution in [0.5, 0.6) is 5.75 Å². The fourth-order valence-corrected chi connectivity index (χ4v) is 4.22. The van der Waals surface area contributed by atoms with E-state index in [2.05, 4.69) is 6.07 Å². The van der Waals surface area contributed by atoms with E-state index < -0.39 is 0 Å². The van der Waals surface area contributed by atoms with Crippen molar-refractivity contribution in [1.82, 2.24) is 4.90 Å². The van der Waals surface area contributed by atoms with Crippen molar-refractivity contribution in [2.24, 2.45) is 0 Å². The van der Waals surface area contributed by atoms with E-state index in [0.717, 1.165) is 55.6 Å². The maximum Gasteiger partial charge on any atom is 0.230 e. The molecule has 4 rings (SSSR count). The summed E-state index contributed by atoms with van der Waals surface area (Å²) in [6.07, 6.45) is 3.65. The average molecular weight is 383 g/mol. The molecular formula is C23H26FNO3. The Morgan fingerprint density at radius 2 is 1.86 bits per heavy atom. The fourth-order valence-electron chi connectivity index (χ4n) is 4.22. The first-order valence-corrected chi connectivity index (χ1v) is 9.95. The molecule has 0 bridgehead atoms. The third-order valence-electron chi connectivity index (χ3n) is 5.88. The zero-order valence-corrected chi connectivity index (χ0v) is 16.2. The second-order valence-electron chi connectivity index (χ2n) is 7.62. The quantitative estimate of drug-likeness (QED) is 0.781. The highest BCUT2D eigenvalue weighted by Crippen LogP contribution is 2.37. The first-order valence-electron chi connectivity index (χ1n) is 9.95. The Balaban J connectivity index is 1.31. The second-order valence-corrected chi connectivity index (χ2v) is 7.62. The zero-order chi connectivity index (χ0) is 19.5. The van der Waals surface area contributed by atoms with Crippen LogP contribution in [0.2, 0.25) is 0 Å². The van der Waals surface area contributed by atoms with Crippen LogP contribution in [0.1, 0.15) is 41.9 Å². The number of carbonyl (C=O) groups excluding carboxylic acids is 1. The number of likely N-dealkylation sites (tertiary alicyclic amines) is 1. The first kappa shape index (κ1) is 18.9. The molecule has 5 heteroatoms. The number of carbonyl (C=O) groups is 1. The van der Waals surface area contributed by atoms with Crippen molar-refractivity contribution in [3.05, 3.63) is 65.0 Å². The van der Waals surface area contributed by atoms with Gasteiger partial charge in [-0.15, -0.1) is 0 Å². The lowest BCUT2D eigenvalue weighted by Crippen LogP contribution is -2.42. The number of benzene rings is 2. The third-order valence-corrected chi connectivity index (χ3v) is 5.88. The molecule has 2 aromatic rings. The van der Waals surface area contributed by atoms with Gasteiger partial charge < -0.3 is 14.4 Å². The molecule has 0 saturated carbocycles. The minimum atomic E-state index is -0.235. The number of fused-ring (bicyclic) bond motifs is 1. The van der Waals surface area contributed by atoms with E-state index in [4.69, 9.17) is 9.47 Å². The van der Waals surface area contributed by atoms with E-state index in [9.17, 15) is 9.18 Å². The molecule has 1 amide bonds. The molecule has 0 radical (unpaired) electrons. The van der Waals surface area contributed by atoms with Gasteiger partial charge in [0.05, 0.1) is 25.7 Å². The van der Waals surface area contributed by atoms with E-state index in [1.807, 2.05) is 17.0 Å². The van der Waals surface area contributed by atoms with Crippen molar-refractivity contribution < 1.29 is 18.7 Å². The van der Waals surface area contributed by atoms with E-state index in [-0.39, 0.29) is 23.7 Å². The van der Waals surface area contributed by atoms with Gasteiger partial charge >= 0.3 is 0 Å². The summed E-state index contributed by atoms with van der Waals surface area (Å²) in [7, 11) is 1.66. The largest absolute Gasteiger partial charge is 0.497 e. The van der Waals surface area contributed by atoms with Crippen LogP contribution in [0.25, 0.3) is 0 Å². The Bertz CT molecular complexity index is 828. The van der Waals surface area contributed by atoms with E-state index in [0.29, 0.717) is 6.61 Å². The molecule has 148 valence electrons. The highest BCUT2D eigenvalue weighted by atomic mass is 19.1. The van der Waals surface area contributed by atoms with Crippen LogP contribution in [0.4, 0.5) is 4.39 Å². The highest BCUT2D eigenvalue weighted by molar-refractivity contribution is 5.85. The van der Waals surface area contributed by atoms with E-state index in [1.165, 1.54) is 17.7 Å². The van der Waals surface area contributed by atoms with Gasteiger partial charge in [0.2, 0.25) is 5.91 Å². The third kappa shape index (κ3) is 4.04. The van der Waals surface area contributed by atoms with Crippen molar-refractivity contribution in [2.45, 2.75) is 44.3 Å². The van der Waals surface area contributed by atoms with Gasteiger partial charge in [0.15, 0.2) is 0 Å². The van der Waals surface area contributed by atoms with Gasteiger partial charge in [-0.2, -0.15) is 0 Å². The van der Waals surface area contributed by atoms with Crippen LogP contribution >= 0.6 is 0 Å². The molecule has 0 spiro atoms. The summed E-state index contributed by atoms with van der Waals surface area (Å²) in [5, 5.41) is 0. The number of hydrogen-bond acceptors (Lipinski definition) is 3. The molecule has 1 aliphatic heterocycles. The fraction of sp³-hybridized carbons (Fsp3) is 0.435. The van der Waals surface area contributed by atoms with Crippen molar-refractivity contribution in [3.8, 4) is 5.75 Å². The minimum Gasteiger partial charge on any atom is -0.497 e. The number of halogens is 1. The molecule has 0 N–H and O–H groups in total. The topological polar surface area (TPSA) is 38.8 Å². The minimum absolute atomic E-state index is 0.0539. The standard InChI is InChI=1S/C23H26FNO3/c1-27-20-8-4-17-5-9-21(22(17)14-20)23(26)25-12-10-19(11-13-25)28-15-16-2-6-18(24)7-3-16/h2-4,6-8,14,19,21H,5,9-13,15H2,1H3. The highest BCUT2D eigenvalue weighted by Gasteiger charge is 2.33. The molecule has 1 heterocycles. The van der Waals surface area contributed by atoms with Gasteiger partial charge in [0, 0.05) is 13.1 Å². The van der Waals surface area contributed by atoms with Crippen LogP contribution < -0.4 is 4.74 Å². The number of amides is 1. The number of hydrogen-bond donors (Lipinski definition) is 0. The zero-order valence-electron chi connectivity index (χ0n) is 16.2. The Labute approximate surface area is 165 Å². The SMILES string of the molecule is COc1ccc2c(c1)C(C(=O)N1CCC(OCc3ccc(F)cc3)CC1)CC2. The molecular weight excluding hydrogens is 357 g/mol. The normalized spacial score (nSPS) is 19.5. The monoisotopic (exact) mass is 383 g/mol. The average Bonchev–Trinajstić information content (AvgIpc) is 3.16. The van der Waals surface area contributed by atoms with Crippen molar-refractivity contribution >= 4 is 5.91 Å². The predicted molar refractivity (Wildman–Crippen MR) is 105 cm³/mol. The molecule has 4 nitrogen and oxygen atoms in total. The van der Waals surface area contributed by atoms with Crippen molar-refractivity contribution in [2.75, 3.05) is 20.2 Å². The van der Waals surface area contributed by atoms with Crippen LogP contribution in [0.15, 0.2) is 42.5 Å². The molecule has 1 unspecified atom stereocenters. The van der Waals surface area contributed by atoms with E-state index in [1.54, 1.807) is 19.2 Å². The summed E-state index contributed by atoms with van der Waals surface area (Å²) in [5.74, 6) is 0.749.